The molecule has 0 N–H and O–H groups in total. The molecule has 18 saturated carbocycles. The Labute approximate surface area is 979 Å². The minimum absolute atomic E-state index is 0.0465. The van der Waals surface area contributed by atoms with Crippen LogP contribution in [0.25, 0.3) is 0 Å². The molecule has 864 valence electrons. The van der Waals surface area contributed by atoms with Crippen molar-refractivity contribution in [1.82, 2.24) is 0 Å². The number of alkyl halides is 2. The fourth-order valence-corrected chi connectivity index (χ4v) is 66.7. The molecule has 0 heterocycles. The third-order valence-electron chi connectivity index (χ3n) is 38.8. The molecule has 0 nitrogen and oxygen atoms in total. The first-order valence-corrected chi connectivity index (χ1v) is 91.2. The topological polar surface area (TPSA) is 0 Å². The molecule has 0 radical (unpaired) electrons. The van der Waals surface area contributed by atoms with Crippen LogP contribution in [0.2, 0.25) is 0 Å². The maximum absolute atomic E-state index is 5.75. The zero-order valence-electron chi connectivity index (χ0n) is 96.8. The van der Waals surface area contributed by atoms with Crippen LogP contribution in [0.3, 0.4) is 0 Å². The molecule has 18 aliphatic rings. The summed E-state index contributed by atoms with van der Waals surface area (Å²) in [7, 11) is 33.4. The molecule has 18 aliphatic carbocycles. The Kier molecular flexibility index (Phi) is 87.2. The van der Waals surface area contributed by atoms with Gasteiger partial charge in [-0.15, -0.1) is 42.1 Å². The fraction of sp³-hybridized carbons (Fsp3) is 0.840. The Morgan fingerprint density at radius 3 is 0.405 bits per heavy atom. The van der Waals surface area contributed by atoms with Crippen LogP contribution in [0.15, 0.2) is 107 Å². The van der Waals surface area contributed by atoms with Crippen LogP contribution in [0.4, 0.5) is 0 Å². The van der Waals surface area contributed by atoms with Gasteiger partial charge in [-0.3, -0.25) is 0 Å². The molecule has 0 amide bonds. The van der Waals surface area contributed by atoms with Gasteiger partial charge in [-0.1, -0.05) is 161 Å². The molecular formula is C131H236Cl8P6Ru3+6. The van der Waals surface area contributed by atoms with E-state index in [0.29, 0.717) is 0 Å². The number of hydrogen-bond donors (Lipinski definition) is 0. The van der Waals surface area contributed by atoms with Gasteiger partial charge in [0, 0.05) is 48.9 Å². The molecular weight excluding hydrogens is 2350 g/mol. The van der Waals surface area contributed by atoms with E-state index in [2.05, 4.69) is 62.6 Å². The Balaban J connectivity index is 0.000000256. The summed E-state index contributed by atoms with van der Waals surface area (Å²) in [4.78, 5) is 0. The summed E-state index contributed by atoms with van der Waals surface area (Å²) >= 11 is 4.81. The van der Waals surface area contributed by atoms with Gasteiger partial charge in [0.15, 0.2) is 0 Å². The SMILES string of the molecule is C1CCC([PH+](C2CCCCC2)C2CCCCC2)CC1.C1CCC([PH+](C2CCCCC2)C2CCCCC2)CC1.C1CCC([PH+](C2CCCCC2)C2CCCCC2)CC1.C1CCC([PH+](C2CCCCC2)C2CCCCC2)CC1.C1CCC([PH+](C2CCCCC2)C2CCCCC2)CC1.C1CCC([PH+](C2CCCCC2)C2CCCCC2)CC1.C=C.C=C=C.C=CC=C.C=C[CH]=[Ru]([Cl])[Cl].C=[C]=[Ru]([Cl])[Cl].ClCCl.[3H]C.[Cl][Ru]([Cl])=[CH]c1ccccc1. The van der Waals surface area contributed by atoms with Crippen molar-refractivity contribution < 1.29 is 41.9 Å². The molecule has 0 spiro atoms. The number of allylic oxidation sites excluding steroid dienone is 3. The summed E-state index contributed by atoms with van der Waals surface area (Å²) in [5.74, 6) is 0. The van der Waals surface area contributed by atoms with Gasteiger partial charge in [0.05, 0.1) is 107 Å². The van der Waals surface area contributed by atoms with Crippen LogP contribution in [0.5, 0.6) is 0 Å². The van der Waals surface area contributed by atoms with Crippen molar-refractivity contribution in [1.29, 1.82) is 0 Å². The molecule has 19 rings (SSSR count). The molecule has 0 atom stereocenters. The van der Waals surface area contributed by atoms with Gasteiger partial charge in [-0.25, -0.2) is 0 Å². The van der Waals surface area contributed by atoms with E-state index in [4.69, 9.17) is 82.7 Å². The summed E-state index contributed by atoms with van der Waals surface area (Å²) in [6, 6.07) is 9.89. The molecule has 18 fully saturated rings. The zero-order valence-corrected chi connectivity index (χ0v) is 113. The average Bonchev–Trinajstić information content (AvgIpc) is 0.844. The molecule has 0 unspecified atom stereocenters. The van der Waals surface area contributed by atoms with Crippen molar-refractivity contribution in [3.8, 4) is 0 Å². The third kappa shape index (κ3) is 58.7. The fourth-order valence-electron chi connectivity index (χ4n) is 32.5. The Morgan fingerprint density at radius 1 is 0.230 bits per heavy atom. The van der Waals surface area contributed by atoms with E-state index in [-0.39, 0.29) is 52.9 Å². The minimum atomic E-state index is -1.61. The Bertz CT molecular complexity index is 2750. The van der Waals surface area contributed by atoms with Crippen molar-refractivity contribution in [2.75, 3.05) is 5.34 Å². The first-order chi connectivity index (χ1) is 73.3. The van der Waals surface area contributed by atoms with Crippen LogP contribution >= 0.6 is 129 Å². The molecule has 0 aliphatic heterocycles. The van der Waals surface area contributed by atoms with Crippen LogP contribution in [-0.2, 0) is 40.6 Å². The molecule has 0 saturated heterocycles. The second-order valence-electron chi connectivity index (χ2n) is 48.4. The molecule has 148 heavy (non-hydrogen) atoms. The average molecular weight is 2590 g/mol. The second kappa shape index (κ2) is 93.0. The van der Waals surface area contributed by atoms with Crippen LogP contribution in [0, 0.1) is 0 Å². The summed E-state index contributed by atoms with van der Waals surface area (Å²) in [5.41, 5.74) is 25.4. The van der Waals surface area contributed by atoms with Crippen molar-refractivity contribution in [2.24, 2.45) is 0 Å². The summed E-state index contributed by atoms with van der Waals surface area (Å²) in [5, 5.41) is 0.194. The van der Waals surface area contributed by atoms with E-state index in [1.54, 1.807) is 601 Å². The predicted octanol–water partition coefficient (Wildman–Crippen LogP) is 48.5. The summed E-state index contributed by atoms with van der Waals surface area (Å²) in [6.07, 6.45) is 148. The van der Waals surface area contributed by atoms with Crippen molar-refractivity contribution in [2.45, 2.75) is 687 Å². The maximum atomic E-state index is 5.75. The Hall–Kier alpha value is 3.86. The van der Waals surface area contributed by atoms with Gasteiger partial charge >= 0.3 is 167 Å². The second-order valence-corrected chi connectivity index (χ2v) is 87.0. The van der Waals surface area contributed by atoms with Gasteiger partial charge in [-0.05, 0) is 462 Å². The van der Waals surface area contributed by atoms with Gasteiger partial charge in [0.1, 0.15) is 0 Å². The summed E-state index contributed by atoms with van der Waals surface area (Å²) < 4.78 is 11.9. The molecule has 0 aromatic heterocycles. The normalized spacial score (nSPS) is 24.1. The van der Waals surface area contributed by atoms with Crippen LogP contribution < -0.4 is 0 Å². The van der Waals surface area contributed by atoms with Crippen molar-refractivity contribution in [3.63, 3.8) is 0 Å². The Morgan fingerprint density at radius 2 is 0.338 bits per heavy atom. The van der Waals surface area contributed by atoms with Crippen LogP contribution in [0.1, 0.15) is 592 Å². The quantitative estimate of drug-likeness (QED) is 0.0287. The molecule has 1 aromatic rings. The van der Waals surface area contributed by atoms with Crippen molar-refractivity contribution in [3.05, 3.63) is 112 Å². The van der Waals surface area contributed by atoms with E-state index in [1.165, 1.54) is 109 Å². The number of rotatable bonds is 21. The number of halogens is 8. The van der Waals surface area contributed by atoms with Gasteiger partial charge in [-0.2, -0.15) is 0 Å². The van der Waals surface area contributed by atoms with Crippen LogP contribution in [-0.4, -0.2) is 121 Å². The molecule has 1 aromatic carbocycles. The molecule has 17 heteroatoms. The van der Waals surface area contributed by atoms with Gasteiger partial charge < -0.3 is 0 Å². The molecule has 0 bridgehead atoms. The van der Waals surface area contributed by atoms with Crippen molar-refractivity contribution >= 4 is 142 Å². The number of hydrogen-bond acceptors (Lipinski definition) is 0. The standard InChI is InChI=1S/6C18H33P.C7H6.C4H6.2C3H4.C2H4.C2H2.CH2Cl2.CH4.6ClH.3Ru/c6*1-4-10-16(11-5-1)19(17-12-6-2-7-13-17)18-14-8-3-9-15-18;1-7-5-3-2-4-6-7;1-3-4-2;2*1-3-2;2*1-2;2-1-3;;;;;;;;;;/h6*16-18H,1-15H2;1-6H;3-4H,1-2H2;1-2H2;1,3H,2H2;1-2H2;1H2;1H2;1H4;6*1H;;;/q;;;;;;;;;;;;;;;;;;;;3*+2/i;;;;;;;;;;;;;1T;;;;;;;;;. The van der Waals surface area contributed by atoms with Gasteiger partial charge in [0.25, 0.3) is 0 Å². The predicted molar refractivity (Wildman–Crippen MR) is 697 cm³/mol. The van der Waals surface area contributed by atoms with Gasteiger partial charge in [0.2, 0.25) is 0 Å². The third-order valence-corrected chi connectivity index (χ3v) is 71.5. The van der Waals surface area contributed by atoms with E-state index in [0.717, 1.165) is 5.56 Å². The monoisotopic (exact) mass is 2580 g/mol. The number of benzene rings is 1. The summed E-state index contributed by atoms with van der Waals surface area (Å²) in [6.45, 7) is 25.6. The first kappa shape index (κ1) is 139. The van der Waals surface area contributed by atoms with E-state index in [9.17, 15) is 0 Å². The van der Waals surface area contributed by atoms with E-state index < -0.39 is 40.6 Å². The van der Waals surface area contributed by atoms with E-state index in [1.807, 2.05) is 34.9 Å². The zero-order chi connectivity index (χ0) is 107. The van der Waals surface area contributed by atoms with E-state index >= 15 is 0 Å². The first-order valence-electron chi connectivity index (χ1n) is 64.5.